The first-order valence-corrected chi connectivity index (χ1v) is 10.7. The van der Waals surface area contributed by atoms with E-state index in [0.717, 1.165) is 56.7 Å². The first-order valence-electron chi connectivity index (χ1n) is 10.7. The fourth-order valence-corrected chi connectivity index (χ4v) is 4.81. The number of carbonyl (C=O) groups excluding carboxylic acids is 2. The second-order valence-corrected chi connectivity index (χ2v) is 8.58. The lowest BCUT2D eigenvalue weighted by atomic mass is 9.90. The summed E-state index contributed by atoms with van der Waals surface area (Å²) >= 11 is 0. The molecule has 1 aromatic carbocycles. The Hall–Kier alpha value is -2.93. The second-order valence-electron chi connectivity index (χ2n) is 8.58. The van der Waals surface area contributed by atoms with E-state index in [2.05, 4.69) is 32.2 Å². The van der Waals surface area contributed by atoms with Crippen LogP contribution in [0.3, 0.4) is 0 Å². The monoisotopic (exact) mass is 405 g/mol. The molecule has 156 valence electrons. The number of rotatable bonds is 4. The Morgan fingerprint density at radius 1 is 1.00 bits per heavy atom. The van der Waals surface area contributed by atoms with Crippen LogP contribution in [0.1, 0.15) is 30.0 Å². The van der Waals surface area contributed by atoms with Gasteiger partial charge in [-0.3, -0.25) is 14.7 Å². The summed E-state index contributed by atoms with van der Waals surface area (Å²) in [6.07, 6.45) is 6.91. The van der Waals surface area contributed by atoms with Gasteiger partial charge in [-0.2, -0.15) is 0 Å². The maximum absolute atomic E-state index is 13.3. The zero-order valence-electron chi connectivity index (χ0n) is 17.3. The molecule has 30 heavy (non-hydrogen) atoms. The molecule has 3 amide bonds. The molecule has 1 aromatic heterocycles. The first kappa shape index (κ1) is 19.1. The highest BCUT2D eigenvalue weighted by Crippen LogP contribution is 2.32. The van der Waals surface area contributed by atoms with E-state index in [0.29, 0.717) is 6.67 Å². The van der Waals surface area contributed by atoms with E-state index >= 15 is 0 Å². The SMILES string of the molecule is CC1(c2ccc3c(c2)CCC3)NC(=O)N(CN2CCN(c3ccncc3)CC2)C1=O. The van der Waals surface area contributed by atoms with Crippen molar-refractivity contribution in [3.63, 3.8) is 0 Å². The van der Waals surface area contributed by atoms with Gasteiger partial charge in [0, 0.05) is 44.3 Å². The number of hydrogen-bond donors (Lipinski definition) is 1. The normalized spacial score (nSPS) is 24.3. The zero-order chi connectivity index (χ0) is 20.7. The number of aryl methyl sites for hydroxylation is 2. The fraction of sp³-hybridized carbons (Fsp3) is 0.435. The number of benzene rings is 1. The third-order valence-electron chi connectivity index (χ3n) is 6.69. The van der Waals surface area contributed by atoms with Gasteiger partial charge in [-0.1, -0.05) is 18.2 Å². The van der Waals surface area contributed by atoms with Crippen LogP contribution in [-0.2, 0) is 23.2 Å². The fourth-order valence-electron chi connectivity index (χ4n) is 4.81. The summed E-state index contributed by atoms with van der Waals surface area (Å²) in [4.78, 5) is 35.9. The molecule has 2 saturated heterocycles. The van der Waals surface area contributed by atoms with Gasteiger partial charge < -0.3 is 10.2 Å². The van der Waals surface area contributed by atoms with Crippen molar-refractivity contribution in [3.05, 3.63) is 59.4 Å². The molecule has 2 fully saturated rings. The smallest absolute Gasteiger partial charge is 0.326 e. The summed E-state index contributed by atoms with van der Waals surface area (Å²) < 4.78 is 0. The van der Waals surface area contributed by atoms with Gasteiger partial charge in [0.25, 0.3) is 5.91 Å². The van der Waals surface area contributed by atoms with E-state index in [1.165, 1.54) is 16.0 Å². The van der Waals surface area contributed by atoms with Crippen LogP contribution in [0.15, 0.2) is 42.7 Å². The molecule has 2 aromatic rings. The van der Waals surface area contributed by atoms with Gasteiger partial charge in [-0.15, -0.1) is 0 Å². The Balaban J connectivity index is 1.26. The molecule has 3 aliphatic rings. The summed E-state index contributed by atoms with van der Waals surface area (Å²) in [6, 6.07) is 9.93. The molecule has 7 nitrogen and oxygen atoms in total. The van der Waals surface area contributed by atoms with E-state index in [4.69, 9.17) is 0 Å². The summed E-state index contributed by atoms with van der Waals surface area (Å²) in [5.74, 6) is -0.165. The lowest BCUT2D eigenvalue weighted by Crippen LogP contribution is -2.51. The van der Waals surface area contributed by atoms with Crippen LogP contribution in [0, 0.1) is 0 Å². The number of imide groups is 1. The van der Waals surface area contributed by atoms with Crippen molar-refractivity contribution < 1.29 is 9.59 Å². The summed E-state index contributed by atoms with van der Waals surface area (Å²) in [7, 11) is 0. The number of pyridine rings is 1. The molecule has 2 aliphatic heterocycles. The second kappa shape index (κ2) is 7.40. The lowest BCUT2D eigenvalue weighted by Gasteiger charge is -2.37. The van der Waals surface area contributed by atoms with Crippen molar-refractivity contribution >= 4 is 17.6 Å². The van der Waals surface area contributed by atoms with Gasteiger partial charge in [0.2, 0.25) is 0 Å². The number of amides is 3. The van der Waals surface area contributed by atoms with Gasteiger partial charge in [0.15, 0.2) is 0 Å². The number of fused-ring (bicyclic) bond motifs is 1. The Labute approximate surface area is 176 Å². The number of nitrogens with zero attached hydrogens (tertiary/aromatic N) is 4. The highest BCUT2D eigenvalue weighted by Gasteiger charge is 2.49. The van der Waals surface area contributed by atoms with Gasteiger partial charge in [0.1, 0.15) is 5.54 Å². The Morgan fingerprint density at radius 2 is 1.73 bits per heavy atom. The number of aromatic nitrogens is 1. The quantitative estimate of drug-likeness (QED) is 0.789. The van der Waals surface area contributed by atoms with E-state index in [1.54, 1.807) is 12.4 Å². The van der Waals surface area contributed by atoms with Crippen molar-refractivity contribution in [1.29, 1.82) is 0 Å². The average molecular weight is 406 g/mol. The minimum absolute atomic E-state index is 0.165. The third-order valence-corrected chi connectivity index (χ3v) is 6.69. The van der Waals surface area contributed by atoms with Crippen LogP contribution in [-0.4, -0.2) is 59.6 Å². The number of nitrogens with one attached hydrogen (secondary N) is 1. The van der Waals surface area contributed by atoms with Gasteiger partial charge >= 0.3 is 6.03 Å². The van der Waals surface area contributed by atoms with Crippen LogP contribution in [0.2, 0.25) is 0 Å². The van der Waals surface area contributed by atoms with E-state index in [-0.39, 0.29) is 11.9 Å². The molecule has 1 unspecified atom stereocenters. The van der Waals surface area contributed by atoms with Crippen molar-refractivity contribution in [2.24, 2.45) is 0 Å². The molecule has 0 saturated carbocycles. The lowest BCUT2D eigenvalue weighted by molar-refractivity contribution is -0.132. The predicted molar refractivity (Wildman–Crippen MR) is 114 cm³/mol. The van der Waals surface area contributed by atoms with Crippen molar-refractivity contribution in [2.75, 3.05) is 37.7 Å². The topological polar surface area (TPSA) is 68.8 Å². The Morgan fingerprint density at radius 3 is 2.50 bits per heavy atom. The highest BCUT2D eigenvalue weighted by molar-refractivity contribution is 6.07. The van der Waals surface area contributed by atoms with E-state index in [9.17, 15) is 9.59 Å². The molecule has 1 aliphatic carbocycles. The van der Waals surface area contributed by atoms with Gasteiger partial charge in [0.05, 0.1) is 6.67 Å². The highest BCUT2D eigenvalue weighted by atomic mass is 16.2. The zero-order valence-corrected chi connectivity index (χ0v) is 17.3. The molecule has 0 radical (unpaired) electrons. The Kier molecular flexibility index (Phi) is 4.70. The maximum atomic E-state index is 13.3. The molecule has 3 heterocycles. The van der Waals surface area contributed by atoms with Crippen molar-refractivity contribution in [2.45, 2.75) is 31.7 Å². The summed E-state index contributed by atoms with van der Waals surface area (Å²) in [5, 5.41) is 2.96. The van der Waals surface area contributed by atoms with Crippen LogP contribution >= 0.6 is 0 Å². The number of piperazine rings is 1. The van der Waals surface area contributed by atoms with Crippen LogP contribution in [0.5, 0.6) is 0 Å². The van der Waals surface area contributed by atoms with Crippen LogP contribution in [0.4, 0.5) is 10.5 Å². The van der Waals surface area contributed by atoms with E-state index in [1.807, 2.05) is 25.1 Å². The summed E-state index contributed by atoms with van der Waals surface area (Å²) in [5.41, 5.74) is 3.72. The van der Waals surface area contributed by atoms with Gasteiger partial charge in [-0.05, 0) is 55.0 Å². The van der Waals surface area contributed by atoms with Crippen molar-refractivity contribution in [3.8, 4) is 0 Å². The average Bonchev–Trinajstić information content (AvgIpc) is 3.33. The molecule has 5 rings (SSSR count). The predicted octanol–water partition coefficient (Wildman–Crippen LogP) is 2.12. The maximum Gasteiger partial charge on any atom is 0.326 e. The number of urea groups is 1. The third kappa shape index (κ3) is 3.23. The van der Waals surface area contributed by atoms with E-state index < -0.39 is 5.54 Å². The minimum atomic E-state index is -0.992. The molecular formula is C23H27N5O2. The molecule has 0 spiro atoms. The number of anilines is 1. The molecular weight excluding hydrogens is 378 g/mol. The minimum Gasteiger partial charge on any atom is -0.369 e. The van der Waals surface area contributed by atoms with Crippen molar-refractivity contribution in [1.82, 2.24) is 20.1 Å². The van der Waals surface area contributed by atoms with Gasteiger partial charge in [-0.25, -0.2) is 9.69 Å². The first-order chi connectivity index (χ1) is 14.5. The number of hydrogen-bond acceptors (Lipinski definition) is 5. The standard InChI is InChI=1S/C23H27N5O2/c1-23(19-6-5-17-3-2-4-18(17)15-19)21(29)28(22(30)25-23)16-26-11-13-27(14-12-26)20-7-9-24-10-8-20/h5-10,15H,2-4,11-14,16H2,1H3,(H,25,30). The molecule has 7 heteroatoms. The molecule has 0 bridgehead atoms. The summed E-state index contributed by atoms with van der Waals surface area (Å²) in [6.45, 7) is 5.47. The molecule has 1 N–H and O–H groups in total. The van der Waals surface area contributed by atoms with Crippen LogP contribution in [0.25, 0.3) is 0 Å². The molecule has 1 atom stereocenters. The Bertz CT molecular complexity index is 971. The largest absolute Gasteiger partial charge is 0.369 e. The number of carbonyl (C=O) groups is 2. The van der Waals surface area contributed by atoms with Crippen LogP contribution < -0.4 is 10.2 Å².